The Kier molecular flexibility index (Phi) is 10.8. The zero-order chi connectivity index (χ0) is 19.1. The smallest absolute Gasteiger partial charge is 0.358 e. The van der Waals surface area contributed by atoms with Crippen LogP contribution in [0.1, 0.15) is 11.1 Å². The van der Waals surface area contributed by atoms with Gasteiger partial charge in [0.15, 0.2) is 0 Å². The minimum atomic E-state index is 0. The van der Waals surface area contributed by atoms with E-state index in [9.17, 15) is 0 Å². The molecule has 0 amide bonds. The normalized spacial score (nSPS) is 9.34. The first-order valence-corrected chi connectivity index (χ1v) is 9.62. The number of rotatable bonds is 0. The summed E-state index contributed by atoms with van der Waals surface area (Å²) in [6, 6.07) is 35.6. The third-order valence-corrected chi connectivity index (χ3v) is 4.63. The van der Waals surface area contributed by atoms with E-state index >= 15 is 0 Å². The third kappa shape index (κ3) is 7.72. The minimum Gasteiger partial charge on any atom is -0.358 e. The summed E-state index contributed by atoms with van der Waals surface area (Å²) in [5.41, 5.74) is 2.70. The molecule has 0 fully saturated rings. The molecule has 0 atom stereocenters. The van der Waals surface area contributed by atoms with Gasteiger partial charge in [0.25, 0.3) is 0 Å². The van der Waals surface area contributed by atoms with Crippen molar-refractivity contribution in [3.8, 4) is 0 Å². The molecule has 0 saturated heterocycles. The molecule has 0 aliphatic heterocycles. The fraction of sp³-hybridized carbons (Fsp3) is 0.0741. The average Bonchev–Trinajstić information content (AvgIpc) is 3.23. The van der Waals surface area contributed by atoms with E-state index in [0.717, 1.165) is 5.19 Å². The first-order chi connectivity index (χ1) is 13.1. The molecular formula is C27H26SiZr. The Bertz CT molecular complexity index is 965. The Labute approximate surface area is 197 Å². The number of hydrogen-bond acceptors (Lipinski definition) is 0. The van der Waals surface area contributed by atoms with Crippen LogP contribution >= 0.6 is 0 Å². The molecule has 142 valence electrons. The van der Waals surface area contributed by atoms with Gasteiger partial charge in [-0.15, -0.1) is 81.2 Å². The van der Waals surface area contributed by atoms with Gasteiger partial charge in [0.1, 0.15) is 0 Å². The first kappa shape index (κ1) is 25.0. The molecule has 0 bridgehead atoms. The second kappa shape index (κ2) is 12.5. The van der Waals surface area contributed by atoms with Crippen LogP contribution in [0.2, 0.25) is 0 Å². The third-order valence-electron chi connectivity index (χ3n) is 4.30. The van der Waals surface area contributed by atoms with Crippen LogP contribution in [0.5, 0.6) is 0 Å². The van der Waals surface area contributed by atoms with E-state index in [1.807, 2.05) is 30.3 Å². The van der Waals surface area contributed by atoms with Crippen LogP contribution in [0.3, 0.4) is 0 Å². The number of fused-ring (bicyclic) bond motifs is 2. The predicted octanol–water partition coefficient (Wildman–Crippen LogP) is 6.66. The predicted molar refractivity (Wildman–Crippen MR) is 127 cm³/mol. The fourth-order valence-electron chi connectivity index (χ4n) is 3.05. The monoisotopic (exact) mass is 468 g/mol. The van der Waals surface area contributed by atoms with Gasteiger partial charge in [0, 0.05) is 0 Å². The van der Waals surface area contributed by atoms with Crippen molar-refractivity contribution >= 4 is 37.0 Å². The molecule has 4 radical (unpaired) electrons. The summed E-state index contributed by atoms with van der Waals surface area (Å²) in [7, 11) is 3.36. The maximum absolute atomic E-state index is 3.36. The second-order valence-corrected chi connectivity index (χ2v) is 7.27. The summed E-state index contributed by atoms with van der Waals surface area (Å²) in [5.74, 6) is 0. The van der Waals surface area contributed by atoms with Gasteiger partial charge in [-0.1, -0.05) is 61.5 Å². The molecule has 0 aliphatic rings. The number of aryl methyl sites for hydroxylation is 2. The van der Waals surface area contributed by atoms with E-state index < -0.39 is 0 Å². The van der Waals surface area contributed by atoms with Crippen molar-refractivity contribution < 1.29 is 26.2 Å². The molecule has 5 rings (SSSR count). The van der Waals surface area contributed by atoms with Crippen molar-refractivity contribution in [3.05, 3.63) is 122 Å². The SMILES string of the molecule is Cc1cc2ccccc2[cH-]1.Cc1cc2ccccc2[cH-]1.[CH3-].[Si]c1ccccc1.[Zr+3]. The molecule has 0 aliphatic carbocycles. The molecule has 0 nitrogen and oxygen atoms in total. The van der Waals surface area contributed by atoms with E-state index in [4.69, 9.17) is 0 Å². The van der Waals surface area contributed by atoms with Crippen LogP contribution in [0.15, 0.2) is 103 Å². The average molecular weight is 470 g/mol. The Morgan fingerprint density at radius 2 is 0.966 bits per heavy atom. The molecule has 0 spiro atoms. The molecule has 29 heavy (non-hydrogen) atoms. The topological polar surface area (TPSA) is 0 Å². The largest absolute Gasteiger partial charge is 3.00 e. The Morgan fingerprint density at radius 1 is 0.586 bits per heavy atom. The molecule has 0 heterocycles. The zero-order valence-electron chi connectivity index (χ0n) is 17.3. The Hall–Kier alpha value is -2.02. The van der Waals surface area contributed by atoms with Gasteiger partial charge < -0.3 is 7.43 Å². The van der Waals surface area contributed by atoms with Gasteiger partial charge in [-0.25, -0.2) is 0 Å². The molecule has 0 saturated carbocycles. The Morgan fingerprint density at radius 3 is 1.31 bits per heavy atom. The van der Waals surface area contributed by atoms with Crippen molar-refractivity contribution in [1.82, 2.24) is 0 Å². The van der Waals surface area contributed by atoms with E-state index in [-0.39, 0.29) is 33.6 Å². The van der Waals surface area contributed by atoms with Crippen molar-refractivity contribution in [2.24, 2.45) is 0 Å². The number of hydrogen-bond donors (Lipinski definition) is 0. The summed E-state index contributed by atoms with van der Waals surface area (Å²) < 4.78 is 0. The number of benzene rings is 3. The van der Waals surface area contributed by atoms with Crippen LogP contribution < -0.4 is 5.19 Å². The quantitative estimate of drug-likeness (QED) is 0.176. The van der Waals surface area contributed by atoms with Gasteiger partial charge in [0.05, 0.1) is 10.2 Å². The molecule has 0 N–H and O–H groups in total. The van der Waals surface area contributed by atoms with Crippen LogP contribution in [0, 0.1) is 21.3 Å². The van der Waals surface area contributed by atoms with Crippen molar-refractivity contribution in [1.29, 1.82) is 0 Å². The summed E-state index contributed by atoms with van der Waals surface area (Å²) in [4.78, 5) is 0. The molecule has 0 unspecified atom stereocenters. The van der Waals surface area contributed by atoms with E-state index in [1.165, 1.54) is 32.7 Å². The molecule has 5 aromatic rings. The van der Waals surface area contributed by atoms with Crippen molar-refractivity contribution in [2.75, 3.05) is 0 Å². The fourth-order valence-corrected chi connectivity index (χ4v) is 3.24. The van der Waals surface area contributed by atoms with Gasteiger partial charge >= 0.3 is 26.2 Å². The Balaban J connectivity index is 0.000000214. The zero-order valence-corrected chi connectivity index (χ0v) is 20.8. The maximum Gasteiger partial charge on any atom is 3.00 e. The molecule has 0 aromatic heterocycles. The van der Waals surface area contributed by atoms with E-state index in [2.05, 4.69) is 96.9 Å². The molecule has 2 heteroatoms. The minimum absolute atomic E-state index is 0. The summed E-state index contributed by atoms with van der Waals surface area (Å²) in [6.07, 6.45) is 0. The first-order valence-electron chi connectivity index (χ1n) is 9.12. The maximum atomic E-state index is 3.36. The molecule has 5 aromatic carbocycles. The van der Waals surface area contributed by atoms with Crippen LogP contribution in [-0.2, 0) is 26.2 Å². The summed E-state index contributed by atoms with van der Waals surface area (Å²) in [5, 5.41) is 6.52. The van der Waals surface area contributed by atoms with Crippen LogP contribution in [-0.4, -0.2) is 10.2 Å². The molecular weight excluding hydrogens is 444 g/mol. The van der Waals surface area contributed by atoms with Crippen molar-refractivity contribution in [3.63, 3.8) is 0 Å². The van der Waals surface area contributed by atoms with E-state index in [1.54, 1.807) is 0 Å². The van der Waals surface area contributed by atoms with Gasteiger partial charge in [-0.2, -0.15) is 12.1 Å². The van der Waals surface area contributed by atoms with Gasteiger partial charge in [-0.3, -0.25) is 0 Å². The van der Waals surface area contributed by atoms with Crippen LogP contribution in [0.4, 0.5) is 0 Å². The summed E-state index contributed by atoms with van der Waals surface area (Å²) in [6.45, 7) is 4.25. The second-order valence-electron chi connectivity index (χ2n) is 6.69. The van der Waals surface area contributed by atoms with E-state index in [0.29, 0.717) is 0 Å². The van der Waals surface area contributed by atoms with Crippen LogP contribution in [0.25, 0.3) is 21.5 Å². The van der Waals surface area contributed by atoms with Gasteiger partial charge in [-0.05, 0) is 0 Å². The van der Waals surface area contributed by atoms with Gasteiger partial charge in [0.2, 0.25) is 0 Å². The van der Waals surface area contributed by atoms with Crippen molar-refractivity contribution in [2.45, 2.75) is 13.8 Å². The standard InChI is InChI=1S/2C10H9.C6H5Si.CH3.Zr/c2*1-8-6-9-4-2-3-5-10(9)7-8;7-6-4-2-1-3-5-6;;/h2*2-7H,1H3;1-5H;1H3;/q2*-1;;-1;+3. The summed E-state index contributed by atoms with van der Waals surface area (Å²) >= 11 is 0.